The molecular weight excluding hydrogens is 463 g/mol. The molecule has 0 atom stereocenters. The molecule has 0 fully saturated rings. The first-order valence-electron chi connectivity index (χ1n) is 7.58. The summed E-state index contributed by atoms with van der Waals surface area (Å²) < 4.78 is 27.3. The van der Waals surface area contributed by atoms with Crippen LogP contribution in [0.3, 0.4) is 0 Å². The number of hydrogen-bond donors (Lipinski definition) is 1. The largest absolute Gasteiger partial charge is 0.321 e. The van der Waals surface area contributed by atoms with Crippen LogP contribution in [-0.4, -0.2) is 31.7 Å². The van der Waals surface area contributed by atoms with Crippen LogP contribution in [0.4, 0.5) is 5.69 Å². The Hall–Kier alpha value is -1.12. The molecule has 0 aliphatic carbocycles. The van der Waals surface area contributed by atoms with E-state index in [1.54, 1.807) is 32.0 Å². The number of rotatable bonds is 5. The van der Waals surface area contributed by atoms with E-state index in [1.807, 2.05) is 0 Å². The van der Waals surface area contributed by atoms with Gasteiger partial charge in [0.1, 0.15) is 0 Å². The monoisotopic (exact) mass is 478 g/mol. The fraction of sp³-hybridized carbons (Fsp3) is 0.235. The Morgan fingerprint density at radius 3 is 2.35 bits per heavy atom. The van der Waals surface area contributed by atoms with Gasteiger partial charge in [0.15, 0.2) is 0 Å². The van der Waals surface area contributed by atoms with Crippen LogP contribution >= 0.6 is 39.1 Å². The van der Waals surface area contributed by atoms with Crippen LogP contribution in [0.15, 0.2) is 45.8 Å². The quantitative estimate of drug-likeness (QED) is 0.653. The molecule has 2 aromatic carbocycles. The molecule has 5 nitrogen and oxygen atoms in total. The van der Waals surface area contributed by atoms with Crippen LogP contribution in [-0.2, 0) is 10.0 Å². The van der Waals surface area contributed by atoms with Gasteiger partial charge in [-0.3, -0.25) is 4.79 Å². The number of nitrogens with zero attached hydrogens (tertiary/aromatic N) is 1. The zero-order valence-corrected chi connectivity index (χ0v) is 18.2. The molecule has 0 aromatic heterocycles. The second-order valence-electron chi connectivity index (χ2n) is 5.83. The van der Waals surface area contributed by atoms with E-state index in [1.165, 1.54) is 29.6 Å². The summed E-state index contributed by atoms with van der Waals surface area (Å²) in [5.41, 5.74) is 0.437. The van der Waals surface area contributed by atoms with Crippen LogP contribution in [0.5, 0.6) is 0 Å². The minimum absolute atomic E-state index is 0.00912. The smallest absolute Gasteiger partial charge is 0.257 e. The number of halogens is 3. The lowest BCUT2D eigenvalue weighted by atomic mass is 10.2. The second kappa shape index (κ2) is 8.27. The Balaban J connectivity index is 2.39. The zero-order valence-electron chi connectivity index (χ0n) is 14.3. The molecule has 26 heavy (non-hydrogen) atoms. The molecule has 0 aliphatic heterocycles. The fourth-order valence-corrected chi connectivity index (χ4v) is 4.38. The number of carbonyl (C=O) groups excluding carboxylic acids is 1. The van der Waals surface area contributed by atoms with Crippen LogP contribution in [0.2, 0.25) is 10.0 Å². The number of carbonyl (C=O) groups is 1. The standard InChI is InChI=1S/C17H17BrCl2N2O3S/c1-10(2)22(3)26(24,25)12-5-6-14(19)13(9-12)17(23)21-16-7-4-11(18)8-15(16)20/h4-10H,1-3H3,(H,21,23). The highest BCUT2D eigenvalue weighted by Gasteiger charge is 2.25. The van der Waals surface area contributed by atoms with Gasteiger partial charge in [0.05, 0.1) is 26.2 Å². The van der Waals surface area contributed by atoms with Gasteiger partial charge in [-0.1, -0.05) is 39.1 Å². The molecule has 140 valence electrons. The van der Waals surface area contributed by atoms with E-state index in [9.17, 15) is 13.2 Å². The maximum Gasteiger partial charge on any atom is 0.257 e. The van der Waals surface area contributed by atoms with Crippen molar-refractivity contribution in [3.8, 4) is 0 Å². The average molecular weight is 480 g/mol. The van der Waals surface area contributed by atoms with E-state index in [0.29, 0.717) is 10.7 Å². The predicted octanol–water partition coefficient (Wildman–Crippen LogP) is 5.04. The Bertz CT molecular complexity index is 949. The molecule has 2 rings (SSSR count). The third kappa shape index (κ3) is 4.58. The van der Waals surface area contributed by atoms with Crippen molar-refractivity contribution >= 4 is 60.7 Å². The Labute approximate surface area is 171 Å². The van der Waals surface area contributed by atoms with Gasteiger partial charge >= 0.3 is 0 Å². The van der Waals surface area contributed by atoms with Crippen molar-refractivity contribution in [2.45, 2.75) is 24.8 Å². The molecule has 0 radical (unpaired) electrons. The van der Waals surface area contributed by atoms with Gasteiger partial charge in [-0.25, -0.2) is 8.42 Å². The van der Waals surface area contributed by atoms with Gasteiger partial charge < -0.3 is 5.32 Å². The van der Waals surface area contributed by atoms with Crippen LogP contribution in [0.1, 0.15) is 24.2 Å². The summed E-state index contributed by atoms with van der Waals surface area (Å²) in [7, 11) is -2.25. The van der Waals surface area contributed by atoms with Crippen molar-refractivity contribution < 1.29 is 13.2 Å². The topological polar surface area (TPSA) is 66.5 Å². The number of sulfonamides is 1. The van der Waals surface area contributed by atoms with Gasteiger partial charge in [-0.2, -0.15) is 4.31 Å². The first kappa shape index (κ1) is 21.2. The van der Waals surface area contributed by atoms with Crippen LogP contribution in [0.25, 0.3) is 0 Å². The van der Waals surface area contributed by atoms with Crippen molar-refractivity contribution in [2.75, 3.05) is 12.4 Å². The van der Waals surface area contributed by atoms with Crippen molar-refractivity contribution in [3.63, 3.8) is 0 Å². The highest BCUT2D eigenvalue weighted by Crippen LogP contribution is 2.28. The summed E-state index contributed by atoms with van der Waals surface area (Å²) in [5, 5.41) is 3.12. The fourth-order valence-electron chi connectivity index (χ4n) is 2.06. The number of benzene rings is 2. The molecule has 0 heterocycles. The Morgan fingerprint density at radius 1 is 1.12 bits per heavy atom. The van der Waals surface area contributed by atoms with E-state index in [0.717, 1.165) is 4.47 Å². The third-order valence-corrected chi connectivity index (χ3v) is 6.93. The number of nitrogens with one attached hydrogen (secondary N) is 1. The molecule has 1 N–H and O–H groups in total. The van der Waals surface area contributed by atoms with E-state index in [4.69, 9.17) is 23.2 Å². The third-order valence-electron chi connectivity index (χ3n) is 3.77. The average Bonchev–Trinajstić information content (AvgIpc) is 2.56. The molecule has 2 aromatic rings. The van der Waals surface area contributed by atoms with Gasteiger partial charge in [0, 0.05) is 17.6 Å². The van der Waals surface area contributed by atoms with Crippen molar-refractivity contribution in [1.29, 1.82) is 0 Å². The summed E-state index contributed by atoms with van der Waals surface area (Å²) in [6, 6.07) is 8.79. The summed E-state index contributed by atoms with van der Waals surface area (Å²) in [4.78, 5) is 12.6. The van der Waals surface area contributed by atoms with Gasteiger partial charge in [0.2, 0.25) is 10.0 Å². The first-order chi connectivity index (χ1) is 12.0. The minimum Gasteiger partial charge on any atom is -0.321 e. The van der Waals surface area contributed by atoms with Gasteiger partial charge in [-0.05, 0) is 50.2 Å². The van der Waals surface area contributed by atoms with Crippen LogP contribution < -0.4 is 5.32 Å². The predicted molar refractivity (Wildman–Crippen MR) is 109 cm³/mol. The highest BCUT2D eigenvalue weighted by molar-refractivity contribution is 9.10. The normalized spacial score (nSPS) is 11.8. The number of amides is 1. The lowest BCUT2D eigenvalue weighted by molar-refractivity contribution is 0.102. The van der Waals surface area contributed by atoms with E-state index in [2.05, 4.69) is 21.2 Å². The molecule has 0 bridgehead atoms. The zero-order chi connectivity index (χ0) is 19.6. The van der Waals surface area contributed by atoms with Crippen molar-refractivity contribution in [1.82, 2.24) is 4.31 Å². The molecular formula is C17H17BrCl2N2O3S. The SMILES string of the molecule is CC(C)N(C)S(=O)(=O)c1ccc(Cl)c(C(=O)Nc2ccc(Br)cc2Cl)c1. The highest BCUT2D eigenvalue weighted by atomic mass is 79.9. The molecule has 0 aliphatic rings. The second-order valence-corrected chi connectivity index (χ2v) is 9.56. The van der Waals surface area contributed by atoms with E-state index in [-0.39, 0.29) is 21.5 Å². The van der Waals surface area contributed by atoms with E-state index < -0.39 is 15.9 Å². The number of hydrogen-bond acceptors (Lipinski definition) is 3. The van der Waals surface area contributed by atoms with Crippen molar-refractivity contribution in [2.24, 2.45) is 0 Å². The Kier molecular flexibility index (Phi) is 6.74. The maximum atomic E-state index is 12.6. The number of anilines is 1. The van der Waals surface area contributed by atoms with Gasteiger partial charge in [0.25, 0.3) is 5.91 Å². The van der Waals surface area contributed by atoms with Crippen LogP contribution in [0, 0.1) is 0 Å². The molecule has 1 amide bonds. The summed E-state index contributed by atoms with van der Waals surface area (Å²) in [5.74, 6) is -0.552. The summed E-state index contributed by atoms with van der Waals surface area (Å²) >= 11 is 15.5. The molecule has 9 heteroatoms. The first-order valence-corrected chi connectivity index (χ1v) is 10.6. The molecule has 0 unspecified atom stereocenters. The Morgan fingerprint density at radius 2 is 1.77 bits per heavy atom. The lowest BCUT2D eigenvalue weighted by Crippen LogP contribution is -2.33. The van der Waals surface area contributed by atoms with Crippen molar-refractivity contribution in [3.05, 3.63) is 56.5 Å². The lowest BCUT2D eigenvalue weighted by Gasteiger charge is -2.21. The van der Waals surface area contributed by atoms with E-state index >= 15 is 0 Å². The van der Waals surface area contributed by atoms with Gasteiger partial charge in [-0.15, -0.1) is 0 Å². The molecule has 0 saturated heterocycles. The molecule has 0 saturated carbocycles. The minimum atomic E-state index is -3.74. The molecule has 0 spiro atoms. The maximum absolute atomic E-state index is 12.6. The summed E-state index contributed by atoms with van der Waals surface area (Å²) in [6.45, 7) is 3.52. The summed E-state index contributed by atoms with van der Waals surface area (Å²) in [6.07, 6.45) is 0.